The molecule has 2 rings (SSSR count). The highest BCUT2D eigenvalue weighted by atomic mass is 16.5. The molecule has 0 unspecified atom stereocenters. The van der Waals surface area contributed by atoms with E-state index < -0.39 is 0 Å². The minimum Gasteiger partial charge on any atom is -0.493 e. The smallest absolute Gasteiger partial charge is 0.250 e. The molecule has 0 radical (unpaired) electrons. The molecule has 1 N–H and O–H groups in total. The molecule has 2 aromatic rings. The molecule has 0 atom stereocenters. The Kier molecular flexibility index (Phi) is 7.02. The Balaban J connectivity index is 1.81. The SMILES string of the molecule is COc1ccc(/C=C/C(=O)NCCCn2ccc(C)cc2=O)cc1OC. The number of aryl methyl sites for hydroxylation is 2. The van der Waals surface area contributed by atoms with Gasteiger partial charge in [-0.05, 0) is 48.7 Å². The molecule has 0 bridgehead atoms. The predicted octanol–water partition coefficient (Wildman–Crippen LogP) is 2.39. The summed E-state index contributed by atoms with van der Waals surface area (Å²) in [6.07, 6.45) is 5.64. The van der Waals surface area contributed by atoms with Crippen LogP contribution in [0.4, 0.5) is 0 Å². The number of carbonyl (C=O) groups excluding carboxylic acids is 1. The van der Waals surface area contributed by atoms with Crippen molar-refractivity contribution >= 4 is 12.0 Å². The number of hydrogen-bond acceptors (Lipinski definition) is 4. The van der Waals surface area contributed by atoms with Gasteiger partial charge in [-0.3, -0.25) is 9.59 Å². The van der Waals surface area contributed by atoms with Crippen LogP contribution in [0.2, 0.25) is 0 Å². The lowest BCUT2D eigenvalue weighted by Gasteiger charge is -2.08. The van der Waals surface area contributed by atoms with E-state index in [2.05, 4.69) is 5.32 Å². The number of ether oxygens (including phenoxy) is 2. The van der Waals surface area contributed by atoms with Crippen molar-refractivity contribution in [3.63, 3.8) is 0 Å². The number of hydrogen-bond donors (Lipinski definition) is 1. The zero-order valence-corrected chi connectivity index (χ0v) is 15.3. The maximum Gasteiger partial charge on any atom is 0.250 e. The second kappa shape index (κ2) is 9.46. The number of nitrogens with one attached hydrogen (secondary N) is 1. The lowest BCUT2D eigenvalue weighted by molar-refractivity contribution is -0.116. The highest BCUT2D eigenvalue weighted by molar-refractivity contribution is 5.91. The molecule has 1 aromatic heterocycles. The van der Waals surface area contributed by atoms with Crippen LogP contribution in [0.25, 0.3) is 6.08 Å². The molecule has 6 nitrogen and oxygen atoms in total. The number of methoxy groups -OCH3 is 2. The van der Waals surface area contributed by atoms with Crippen LogP contribution >= 0.6 is 0 Å². The highest BCUT2D eigenvalue weighted by Gasteiger charge is 2.03. The second-order valence-electron chi connectivity index (χ2n) is 5.83. The number of pyridine rings is 1. The molecule has 1 heterocycles. The van der Waals surface area contributed by atoms with Gasteiger partial charge in [-0.15, -0.1) is 0 Å². The molecule has 0 aliphatic heterocycles. The topological polar surface area (TPSA) is 69.6 Å². The van der Waals surface area contributed by atoms with E-state index in [0.717, 1.165) is 11.1 Å². The fraction of sp³-hybridized carbons (Fsp3) is 0.300. The van der Waals surface area contributed by atoms with Gasteiger partial charge >= 0.3 is 0 Å². The summed E-state index contributed by atoms with van der Waals surface area (Å²) in [4.78, 5) is 23.7. The number of rotatable bonds is 8. The first-order valence-corrected chi connectivity index (χ1v) is 8.38. The first kappa shape index (κ1) is 19.3. The fourth-order valence-corrected chi connectivity index (χ4v) is 2.44. The minimum absolute atomic E-state index is 0.0234. The van der Waals surface area contributed by atoms with Crippen molar-refractivity contribution in [1.82, 2.24) is 9.88 Å². The van der Waals surface area contributed by atoms with Crippen molar-refractivity contribution in [3.05, 3.63) is 64.1 Å². The summed E-state index contributed by atoms with van der Waals surface area (Å²) in [5.74, 6) is 1.06. The maximum absolute atomic E-state index is 11.9. The van der Waals surface area contributed by atoms with E-state index in [-0.39, 0.29) is 11.5 Å². The largest absolute Gasteiger partial charge is 0.493 e. The fourth-order valence-electron chi connectivity index (χ4n) is 2.44. The molecule has 1 aromatic carbocycles. The van der Waals surface area contributed by atoms with Crippen LogP contribution in [-0.4, -0.2) is 31.2 Å². The van der Waals surface area contributed by atoms with Crippen LogP contribution < -0.4 is 20.3 Å². The molecule has 0 aliphatic carbocycles. The standard InChI is InChI=1S/C20H24N2O4/c1-15-9-12-22(20(24)13-15)11-4-10-21-19(23)8-6-16-5-7-17(25-2)18(14-16)26-3/h5-9,12-14H,4,10-11H2,1-3H3,(H,21,23)/b8-6+. The maximum atomic E-state index is 11.9. The number of aromatic nitrogens is 1. The van der Waals surface area contributed by atoms with Gasteiger partial charge in [0.2, 0.25) is 5.91 Å². The molecule has 1 amide bonds. The average Bonchev–Trinajstić information content (AvgIpc) is 2.64. The zero-order valence-electron chi connectivity index (χ0n) is 15.3. The summed E-state index contributed by atoms with van der Waals surface area (Å²) in [5.41, 5.74) is 1.76. The predicted molar refractivity (Wildman–Crippen MR) is 102 cm³/mol. The van der Waals surface area contributed by atoms with Gasteiger partial charge in [-0.2, -0.15) is 0 Å². The van der Waals surface area contributed by atoms with E-state index in [4.69, 9.17) is 9.47 Å². The van der Waals surface area contributed by atoms with Gasteiger partial charge in [0.1, 0.15) is 0 Å². The van der Waals surface area contributed by atoms with Crippen molar-refractivity contribution < 1.29 is 14.3 Å². The lowest BCUT2D eigenvalue weighted by Crippen LogP contribution is -2.25. The highest BCUT2D eigenvalue weighted by Crippen LogP contribution is 2.27. The van der Waals surface area contributed by atoms with Crippen LogP contribution in [0, 0.1) is 6.92 Å². The summed E-state index contributed by atoms with van der Waals surface area (Å²) >= 11 is 0. The van der Waals surface area contributed by atoms with Crippen LogP contribution in [0.15, 0.2) is 47.4 Å². The van der Waals surface area contributed by atoms with Crippen LogP contribution in [0.1, 0.15) is 17.5 Å². The van der Waals surface area contributed by atoms with Gasteiger partial charge in [0, 0.05) is 31.4 Å². The van der Waals surface area contributed by atoms with Crippen molar-refractivity contribution in [3.8, 4) is 11.5 Å². The Labute approximate surface area is 153 Å². The van der Waals surface area contributed by atoms with Gasteiger partial charge in [-0.1, -0.05) is 6.07 Å². The summed E-state index contributed by atoms with van der Waals surface area (Å²) in [6, 6.07) is 8.92. The average molecular weight is 356 g/mol. The second-order valence-corrected chi connectivity index (χ2v) is 5.83. The normalized spacial score (nSPS) is 10.7. The summed E-state index contributed by atoms with van der Waals surface area (Å²) in [7, 11) is 3.14. The van der Waals surface area contributed by atoms with Crippen LogP contribution in [-0.2, 0) is 11.3 Å². The van der Waals surface area contributed by atoms with E-state index in [1.807, 2.05) is 19.1 Å². The molecule has 0 aliphatic rings. The van der Waals surface area contributed by atoms with Crippen molar-refractivity contribution in [2.75, 3.05) is 20.8 Å². The molecular weight excluding hydrogens is 332 g/mol. The van der Waals surface area contributed by atoms with Crippen LogP contribution in [0.5, 0.6) is 11.5 Å². The summed E-state index contributed by atoms with van der Waals surface area (Å²) in [6.45, 7) is 2.95. The molecular formula is C20H24N2O4. The van der Waals surface area contributed by atoms with E-state index in [1.165, 1.54) is 6.08 Å². The van der Waals surface area contributed by atoms with Gasteiger partial charge in [0.05, 0.1) is 14.2 Å². The van der Waals surface area contributed by atoms with Crippen LogP contribution in [0.3, 0.4) is 0 Å². The minimum atomic E-state index is -0.184. The molecule has 26 heavy (non-hydrogen) atoms. The Morgan fingerprint density at radius 3 is 2.62 bits per heavy atom. The van der Waals surface area contributed by atoms with Gasteiger partial charge in [0.15, 0.2) is 11.5 Å². The molecule has 0 saturated heterocycles. The number of amides is 1. The quantitative estimate of drug-likeness (QED) is 0.582. The Morgan fingerprint density at radius 1 is 1.15 bits per heavy atom. The van der Waals surface area contributed by atoms with E-state index >= 15 is 0 Å². The summed E-state index contributed by atoms with van der Waals surface area (Å²) < 4.78 is 12.1. The molecule has 0 spiro atoms. The third-order valence-electron chi connectivity index (χ3n) is 3.86. The summed E-state index contributed by atoms with van der Waals surface area (Å²) in [5, 5.41) is 2.81. The van der Waals surface area contributed by atoms with Crippen molar-refractivity contribution in [1.29, 1.82) is 0 Å². The Hall–Kier alpha value is -3.02. The first-order chi connectivity index (χ1) is 12.5. The number of nitrogens with zero attached hydrogens (tertiary/aromatic N) is 1. The van der Waals surface area contributed by atoms with Gasteiger partial charge in [0.25, 0.3) is 5.56 Å². The lowest BCUT2D eigenvalue weighted by atomic mass is 10.2. The molecule has 0 saturated carbocycles. The third kappa shape index (κ3) is 5.51. The van der Waals surface area contributed by atoms with E-state index in [9.17, 15) is 9.59 Å². The van der Waals surface area contributed by atoms with E-state index in [0.29, 0.717) is 31.0 Å². The Bertz CT molecular complexity index is 840. The third-order valence-corrected chi connectivity index (χ3v) is 3.86. The Morgan fingerprint density at radius 2 is 1.92 bits per heavy atom. The van der Waals surface area contributed by atoms with Gasteiger partial charge < -0.3 is 19.4 Å². The first-order valence-electron chi connectivity index (χ1n) is 8.38. The van der Waals surface area contributed by atoms with Crippen molar-refractivity contribution in [2.24, 2.45) is 0 Å². The number of carbonyl (C=O) groups is 1. The molecule has 6 heteroatoms. The molecule has 138 valence electrons. The zero-order chi connectivity index (χ0) is 18.9. The molecule has 0 fully saturated rings. The number of benzene rings is 1. The van der Waals surface area contributed by atoms with Gasteiger partial charge in [-0.25, -0.2) is 0 Å². The van der Waals surface area contributed by atoms with Crippen molar-refractivity contribution in [2.45, 2.75) is 19.9 Å². The monoisotopic (exact) mass is 356 g/mol. The van der Waals surface area contributed by atoms with E-state index in [1.54, 1.807) is 49.3 Å².